The fourth-order valence-corrected chi connectivity index (χ4v) is 1.54. The van der Waals surface area contributed by atoms with Crippen LogP contribution in [0.25, 0.3) is 0 Å². The molecule has 0 saturated heterocycles. The van der Waals surface area contributed by atoms with E-state index in [1.807, 2.05) is 11.1 Å². The largest absolute Gasteiger partial charge is 0.0617 e. The van der Waals surface area contributed by atoms with Crippen molar-refractivity contribution in [3.8, 4) is 0 Å². The van der Waals surface area contributed by atoms with Crippen molar-refractivity contribution >= 4 is 0 Å². The van der Waals surface area contributed by atoms with Gasteiger partial charge < -0.3 is 0 Å². The SMILES string of the molecule is C1CC1C1=C2CC21. The molecule has 2 saturated carbocycles. The average molecular weight is 92.1 g/mol. The van der Waals surface area contributed by atoms with Gasteiger partial charge in [0.05, 0.1) is 0 Å². The normalized spacial score (nSPS) is 43.7. The molecule has 0 aromatic rings. The molecular weight excluding hydrogens is 84.1 g/mol. The van der Waals surface area contributed by atoms with Crippen LogP contribution in [0.5, 0.6) is 0 Å². The predicted octanol–water partition coefficient (Wildman–Crippen LogP) is 1.73. The topological polar surface area (TPSA) is 0 Å². The zero-order valence-electron chi connectivity index (χ0n) is 4.28. The van der Waals surface area contributed by atoms with Gasteiger partial charge in [-0.2, -0.15) is 0 Å². The van der Waals surface area contributed by atoms with Gasteiger partial charge in [0.2, 0.25) is 0 Å². The molecule has 7 heavy (non-hydrogen) atoms. The van der Waals surface area contributed by atoms with Gasteiger partial charge in [-0.1, -0.05) is 11.1 Å². The second kappa shape index (κ2) is 0.594. The van der Waals surface area contributed by atoms with Gasteiger partial charge in [0.15, 0.2) is 0 Å². The van der Waals surface area contributed by atoms with E-state index in [0.717, 1.165) is 11.8 Å². The van der Waals surface area contributed by atoms with Crippen LogP contribution in [-0.2, 0) is 0 Å². The van der Waals surface area contributed by atoms with Crippen molar-refractivity contribution in [3.63, 3.8) is 0 Å². The van der Waals surface area contributed by atoms with Crippen LogP contribution in [0.4, 0.5) is 0 Å². The summed E-state index contributed by atoms with van der Waals surface area (Å²) in [4.78, 5) is 0. The summed E-state index contributed by atoms with van der Waals surface area (Å²) in [6, 6.07) is 0. The fraction of sp³-hybridized carbons (Fsp3) is 0.714. The van der Waals surface area contributed by atoms with E-state index < -0.39 is 0 Å². The number of rotatable bonds is 1. The Morgan fingerprint density at radius 3 is 2.14 bits per heavy atom. The molecule has 0 aromatic heterocycles. The Kier molecular flexibility index (Phi) is 0.247. The lowest BCUT2D eigenvalue weighted by molar-refractivity contribution is 0.932. The van der Waals surface area contributed by atoms with Crippen molar-refractivity contribution < 1.29 is 0 Å². The maximum Gasteiger partial charge on any atom is 0.00535 e. The summed E-state index contributed by atoms with van der Waals surface area (Å²) in [5, 5.41) is 0. The lowest BCUT2D eigenvalue weighted by atomic mass is 10.2. The van der Waals surface area contributed by atoms with Crippen LogP contribution in [0, 0.1) is 11.8 Å². The smallest absolute Gasteiger partial charge is 0.00535 e. The van der Waals surface area contributed by atoms with Crippen molar-refractivity contribution in [1.82, 2.24) is 0 Å². The first-order chi connectivity index (χ1) is 3.47. The first kappa shape index (κ1) is 2.91. The first-order valence-electron chi connectivity index (χ1n) is 3.19. The summed E-state index contributed by atoms with van der Waals surface area (Å²) >= 11 is 0. The van der Waals surface area contributed by atoms with Crippen LogP contribution in [0.15, 0.2) is 11.1 Å². The van der Waals surface area contributed by atoms with E-state index >= 15 is 0 Å². The molecule has 0 spiro atoms. The highest BCUT2D eigenvalue weighted by Gasteiger charge is 2.55. The molecule has 0 N–H and O–H groups in total. The molecule has 3 rings (SSSR count). The Hall–Kier alpha value is -0.260. The Balaban J connectivity index is 1.98. The van der Waals surface area contributed by atoms with Gasteiger partial charge in [0.25, 0.3) is 0 Å². The minimum Gasteiger partial charge on any atom is -0.0617 e. The van der Waals surface area contributed by atoms with E-state index in [2.05, 4.69) is 0 Å². The van der Waals surface area contributed by atoms with E-state index in [1.54, 1.807) is 0 Å². The Morgan fingerprint density at radius 2 is 2.00 bits per heavy atom. The van der Waals surface area contributed by atoms with E-state index in [-0.39, 0.29) is 0 Å². The predicted molar refractivity (Wildman–Crippen MR) is 27.9 cm³/mol. The number of hydrogen-bond acceptors (Lipinski definition) is 0. The van der Waals surface area contributed by atoms with Crippen LogP contribution in [0.1, 0.15) is 19.3 Å². The number of fused-ring (bicyclic) bond motifs is 1. The molecule has 0 bridgehead atoms. The maximum atomic E-state index is 1.89. The van der Waals surface area contributed by atoms with Crippen molar-refractivity contribution in [2.24, 2.45) is 11.8 Å². The second-order valence-corrected chi connectivity index (χ2v) is 3.01. The molecule has 0 aromatic carbocycles. The van der Waals surface area contributed by atoms with Gasteiger partial charge >= 0.3 is 0 Å². The van der Waals surface area contributed by atoms with Crippen LogP contribution in [-0.4, -0.2) is 0 Å². The molecule has 0 radical (unpaired) electrons. The van der Waals surface area contributed by atoms with Gasteiger partial charge in [0, 0.05) is 5.92 Å². The highest BCUT2D eigenvalue weighted by Crippen LogP contribution is 2.68. The summed E-state index contributed by atoms with van der Waals surface area (Å²) in [6.45, 7) is 0. The zero-order chi connectivity index (χ0) is 4.43. The Morgan fingerprint density at radius 1 is 1.29 bits per heavy atom. The molecule has 0 heteroatoms. The molecule has 36 valence electrons. The molecule has 2 fully saturated rings. The van der Waals surface area contributed by atoms with Gasteiger partial charge in [-0.15, -0.1) is 0 Å². The molecule has 1 atom stereocenters. The van der Waals surface area contributed by atoms with Crippen LogP contribution in [0.2, 0.25) is 0 Å². The van der Waals surface area contributed by atoms with Crippen molar-refractivity contribution in [1.29, 1.82) is 0 Å². The molecule has 0 aliphatic heterocycles. The molecule has 0 nitrogen and oxygen atoms in total. The van der Waals surface area contributed by atoms with E-state index in [9.17, 15) is 0 Å². The third-order valence-electron chi connectivity index (χ3n) is 2.36. The fourth-order valence-electron chi connectivity index (χ4n) is 1.54. The quantitative estimate of drug-likeness (QED) is 0.432. The van der Waals surface area contributed by atoms with E-state index in [1.165, 1.54) is 19.3 Å². The maximum absolute atomic E-state index is 1.89. The van der Waals surface area contributed by atoms with Crippen LogP contribution in [0.3, 0.4) is 0 Å². The zero-order valence-corrected chi connectivity index (χ0v) is 4.28. The third kappa shape index (κ3) is 0.229. The lowest BCUT2D eigenvalue weighted by Gasteiger charge is -1.85. The number of hydrogen-bond donors (Lipinski definition) is 0. The van der Waals surface area contributed by atoms with Crippen LogP contribution >= 0.6 is 0 Å². The molecular formula is C7H8. The van der Waals surface area contributed by atoms with E-state index in [0.29, 0.717) is 0 Å². The molecule has 1 unspecified atom stereocenters. The van der Waals surface area contributed by atoms with Gasteiger partial charge in [-0.05, 0) is 25.2 Å². The minimum absolute atomic E-state index is 1.10. The third-order valence-corrected chi connectivity index (χ3v) is 2.36. The van der Waals surface area contributed by atoms with Gasteiger partial charge in [-0.25, -0.2) is 0 Å². The lowest BCUT2D eigenvalue weighted by Crippen LogP contribution is -1.73. The summed E-state index contributed by atoms with van der Waals surface area (Å²) in [6.07, 6.45) is 4.54. The molecule has 3 aliphatic carbocycles. The molecule has 3 aliphatic rings. The Labute approximate surface area is 43.2 Å². The van der Waals surface area contributed by atoms with Crippen molar-refractivity contribution in [2.45, 2.75) is 19.3 Å². The first-order valence-corrected chi connectivity index (χ1v) is 3.19. The van der Waals surface area contributed by atoms with E-state index in [4.69, 9.17) is 0 Å². The standard InChI is InChI=1S/C7H8/c1-2-4(1)7-5-3-6(5)7/h4-5H,1-3H2. The molecule has 0 amide bonds. The highest BCUT2D eigenvalue weighted by atomic mass is 14.6. The summed E-state index contributed by atoms with van der Waals surface area (Å²) < 4.78 is 0. The van der Waals surface area contributed by atoms with Crippen molar-refractivity contribution in [3.05, 3.63) is 11.1 Å². The minimum atomic E-state index is 1.10. The summed E-state index contributed by atoms with van der Waals surface area (Å²) in [5.74, 6) is 2.22. The van der Waals surface area contributed by atoms with Gasteiger partial charge in [-0.3, -0.25) is 0 Å². The highest BCUT2D eigenvalue weighted by molar-refractivity contribution is 5.58. The Bertz CT molecular complexity index is 161. The molecule has 0 heterocycles. The van der Waals surface area contributed by atoms with Crippen LogP contribution < -0.4 is 0 Å². The monoisotopic (exact) mass is 92.1 g/mol. The summed E-state index contributed by atoms with van der Waals surface area (Å²) in [7, 11) is 0. The average Bonchev–Trinajstić information content (AvgIpc) is 2.28. The number of allylic oxidation sites excluding steroid dienone is 2. The van der Waals surface area contributed by atoms with Gasteiger partial charge in [0.1, 0.15) is 0 Å². The summed E-state index contributed by atoms with van der Waals surface area (Å²) in [5.41, 5.74) is 3.74. The van der Waals surface area contributed by atoms with Crippen molar-refractivity contribution in [2.75, 3.05) is 0 Å². The second-order valence-electron chi connectivity index (χ2n) is 3.01.